The first-order chi connectivity index (χ1) is 6.27. The van der Waals surface area contributed by atoms with Gasteiger partial charge in [-0.05, 0) is 31.8 Å². The first kappa shape index (κ1) is 8.86. The van der Waals surface area contributed by atoms with Gasteiger partial charge in [-0.25, -0.2) is 0 Å². The number of fused-ring (bicyclic) bond motifs is 1. The first-order valence-corrected chi connectivity index (χ1v) is 5.27. The largest absolute Gasteiger partial charge is 0.488 e. The van der Waals surface area contributed by atoms with Gasteiger partial charge in [-0.1, -0.05) is 19.6 Å². The lowest BCUT2D eigenvalue weighted by molar-refractivity contribution is -0.0644. The van der Waals surface area contributed by atoms with E-state index < -0.39 is 0 Å². The maximum Gasteiger partial charge on any atom is 0.129 e. The molecule has 0 aromatic rings. The topological polar surface area (TPSA) is 9.23 Å². The Morgan fingerprint density at radius 1 is 1.38 bits per heavy atom. The van der Waals surface area contributed by atoms with Gasteiger partial charge in [-0.2, -0.15) is 0 Å². The van der Waals surface area contributed by atoms with Crippen LogP contribution in [0.4, 0.5) is 0 Å². The van der Waals surface area contributed by atoms with Crippen molar-refractivity contribution >= 4 is 0 Å². The fraction of sp³-hybridized carbons (Fsp3) is 0.667. The van der Waals surface area contributed by atoms with Crippen LogP contribution in [-0.4, -0.2) is 5.60 Å². The molecule has 1 saturated heterocycles. The smallest absolute Gasteiger partial charge is 0.129 e. The molecular formula is C12H18O. The Kier molecular flexibility index (Phi) is 2.19. The predicted molar refractivity (Wildman–Crippen MR) is 54.3 cm³/mol. The van der Waals surface area contributed by atoms with Crippen molar-refractivity contribution in [1.29, 1.82) is 0 Å². The minimum absolute atomic E-state index is 0.0480. The van der Waals surface area contributed by atoms with Crippen molar-refractivity contribution in [2.75, 3.05) is 0 Å². The van der Waals surface area contributed by atoms with Gasteiger partial charge >= 0.3 is 0 Å². The van der Waals surface area contributed by atoms with Crippen molar-refractivity contribution in [2.24, 2.45) is 5.92 Å². The quantitative estimate of drug-likeness (QED) is 0.559. The Hall–Kier alpha value is -0.720. The SMILES string of the molecule is C=C[C@@]12CCCC[C@H]1CCC(=C)O2. The lowest BCUT2D eigenvalue weighted by Crippen LogP contribution is -2.43. The van der Waals surface area contributed by atoms with Gasteiger partial charge in [0.1, 0.15) is 5.60 Å². The second-order valence-corrected chi connectivity index (χ2v) is 4.28. The van der Waals surface area contributed by atoms with E-state index in [2.05, 4.69) is 13.2 Å². The fourth-order valence-corrected chi connectivity index (χ4v) is 2.73. The first-order valence-electron chi connectivity index (χ1n) is 5.27. The molecule has 0 bridgehead atoms. The van der Waals surface area contributed by atoms with Crippen LogP contribution >= 0.6 is 0 Å². The van der Waals surface area contributed by atoms with E-state index in [1.807, 2.05) is 6.08 Å². The van der Waals surface area contributed by atoms with Crippen LogP contribution in [0, 0.1) is 5.92 Å². The molecular weight excluding hydrogens is 160 g/mol. The van der Waals surface area contributed by atoms with Crippen molar-refractivity contribution in [3.63, 3.8) is 0 Å². The van der Waals surface area contributed by atoms with Gasteiger partial charge in [-0.3, -0.25) is 0 Å². The van der Waals surface area contributed by atoms with Crippen LogP contribution in [0.15, 0.2) is 25.0 Å². The zero-order chi connectivity index (χ0) is 9.31. The highest BCUT2D eigenvalue weighted by atomic mass is 16.5. The molecule has 1 heterocycles. The molecule has 0 aromatic carbocycles. The molecule has 0 aromatic heterocycles. The highest BCUT2D eigenvalue weighted by Crippen LogP contribution is 2.45. The summed E-state index contributed by atoms with van der Waals surface area (Å²) in [4.78, 5) is 0. The summed E-state index contributed by atoms with van der Waals surface area (Å²) in [6.07, 6.45) is 9.37. The van der Waals surface area contributed by atoms with Crippen LogP contribution < -0.4 is 0 Å². The Morgan fingerprint density at radius 3 is 3.00 bits per heavy atom. The maximum atomic E-state index is 5.91. The van der Waals surface area contributed by atoms with Crippen LogP contribution in [0.2, 0.25) is 0 Å². The van der Waals surface area contributed by atoms with E-state index in [4.69, 9.17) is 4.74 Å². The molecule has 0 spiro atoms. The summed E-state index contributed by atoms with van der Waals surface area (Å²) in [6.45, 7) is 7.86. The molecule has 1 nitrogen and oxygen atoms in total. The van der Waals surface area contributed by atoms with Gasteiger partial charge < -0.3 is 4.74 Å². The molecule has 2 fully saturated rings. The summed E-state index contributed by atoms with van der Waals surface area (Å²) in [6, 6.07) is 0. The molecule has 0 amide bonds. The van der Waals surface area contributed by atoms with E-state index in [0.717, 1.165) is 18.6 Å². The highest BCUT2D eigenvalue weighted by molar-refractivity contribution is 5.10. The molecule has 2 aliphatic rings. The number of rotatable bonds is 1. The van der Waals surface area contributed by atoms with E-state index in [1.54, 1.807) is 0 Å². The zero-order valence-corrected chi connectivity index (χ0v) is 8.22. The average molecular weight is 178 g/mol. The molecule has 2 atom stereocenters. The Labute approximate surface area is 80.5 Å². The van der Waals surface area contributed by atoms with Crippen LogP contribution in [0.3, 0.4) is 0 Å². The number of hydrogen-bond acceptors (Lipinski definition) is 1. The van der Waals surface area contributed by atoms with Gasteiger partial charge in [0.05, 0.1) is 5.76 Å². The lowest BCUT2D eigenvalue weighted by atomic mass is 9.71. The van der Waals surface area contributed by atoms with Crippen LogP contribution in [0.1, 0.15) is 38.5 Å². The van der Waals surface area contributed by atoms with E-state index in [-0.39, 0.29) is 5.60 Å². The fourth-order valence-electron chi connectivity index (χ4n) is 2.73. The molecule has 0 radical (unpaired) electrons. The normalized spacial score (nSPS) is 39.1. The molecule has 0 unspecified atom stereocenters. The van der Waals surface area contributed by atoms with Crippen LogP contribution in [0.25, 0.3) is 0 Å². The molecule has 1 aliphatic heterocycles. The van der Waals surface area contributed by atoms with Crippen molar-refractivity contribution < 1.29 is 4.74 Å². The van der Waals surface area contributed by atoms with Crippen molar-refractivity contribution in [3.8, 4) is 0 Å². The minimum atomic E-state index is -0.0480. The Bertz CT molecular complexity index is 231. The van der Waals surface area contributed by atoms with E-state index in [9.17, 15) is 0 Å². The zero-order valence-electron chi connectivity index (χ0n) is 8.22. The molecule has 1 aliphatic carbocycles. The third-order valence-electron chi connectivity index (χ3n) is 3.51. The third kappa shape index (κ3) is 1.41. The van der Waals surface area contributed by atoms with E-state index in [1.165, 1.54) is 25.7 Å². The number of ether oxygens (including phenoxy) is 1. The van der Waals surface area contributed by atoms with Gasteiger partial charge in [0, 0.05) is 12.3 Å². The van der Waals surface area contributed by atoms with Crippen LogP contribution in [0.5, 0.6) is 0 Å². The summed E-state index contributed by atoms with van der Waals surface area (Å²) in [7, 11) is 0. The summed E-state index contributed by atoms with van der Waals surface area (Å²) in [5.74, 6) is 1.65. The molecule has 0 N–H and O–H groups in total. The molecule has 13 heavy (non-hydrogen) atoms. The van der Waals surface area contributed by atoms with E-state index in [0.29, 0.717) is 5.92 Å². The number of allylic oxidation sites excluding steroid dienone is 1. The van der Waals surface area contributed by atoms with Gasteiger partial charge in [-0.15, -0.1) is 0 Å². The van der Waals surface area contributed by atoms with Crippen molar-refractivity contribution in [1.82, 2.24) is 0 Å². The summed E-state index contributed by atoms with van der Waals surface area (Å²) in [5, 5.41) is 0. The predicted octanol–water partition coefficient (Wildman–Crippen LogP) is 3.43. The van der Waals surface area contributed by atoms with Gasteiger partial charge in [0.15, 0.2) is 0 Å². The Balaban J connectivity index is 2.21. The second kappa shape index (κ2) is 3.21. The Morgan fingerprint density at radius 2 is 2.23 bits per heavy atom. The summed E-state index contributed by atoms with van der Waals surface area (Å²) >= 11 is 0. The monoisotopic (exact) mass is 178 g/mol. The van der Waals surface area contributed by atoms with Crippen LogP contribution in [-0.2, 0) is 4.74 Å². The molecule has 1 heteroatoms. The summed E-state index contributed by atoms with van der Waals surface area (Å²) < 4.78 is 5.91. The minimum Gasteiger partial charge on any atom is -0.488 e. The van der Waals surface area contributed by atoms with Crippen molar-refractivity contribution in [3.05, 3.63) is 25.0 Å². The molecule has 1 saturated carbocycles. The second-order valence-electron chi connectivity index (χ2n) is 4.28. The van der Waals surface area contributed by atoms with Crippen molar-refractivity contribution in [2.45, 2.75) is 44.1 Å². The standard InChI is InChI=1S/C12H18O/c1-3-12-9-5-4-6-11(12)8-7-10(2)13-12/h3,11H,1-2,4-9H2/t11-,12+/m0/s1. The number of hydrogen-bond donors (Lipinski definition) is 0. The average Bonchev–Trinajstić information content (AvgIpc) is 2.17. The van der Waals surface area contributed by atoms with Gasteiger partial charge in [0.2, 0.25) is 0 Å². The molecule has 72 valence electrons. The summed E-state index contributed by atoms with van der Waals surface area (Å²) in [5.41, 5.74) is -0.0480. The lowest BCUT2D eigenvalue weighted by Gasteiger charge is -2.46. The van der Waals surface area contributed by atoms with E-state index >= 15 is 0 Å². The van der Waals surface area contributed by atoms with Gasteiger partial charge in [0.25, 0.3) is 0 Å². The maximum absolute atomic E-state index is 5.91. The highest BCUT2D eigenvalue weighted by Gasteiger charge is 2.42. The molecule has 2 rings (SSSR count). The third-order valence-corrected chi connectivity index (χ3v) is 3.51.